The van der Waals surface area contributed by atoms with Crippen LogP contribution in [0.4, 0.5) is 0 Å². The Kier molecular flexibility index (Phi) is 5.36. The number of methoxy groups -OCH3 is 1. The minimum atomic E-state index is -4.04. The largest absolute Gasteiger partial charge is 0.467 e. The molecule has 0 saturated carbocycles. The van der Waals surface area contributed by atoms with Crippen molar-refractivity contribution in [2.75, 3.05) is 13.9 Å². The number of esters is 1. The Bertz CT molecular complexity index is 1280. The molecule has 0 spiro atoms. The number of fused-ring (bicyclic) bond motifs is 2. The monoisotopic (exact) mass is 465 g/mol. The van der Waals surface area contributed by atoms with E-state index in [4.69, 9.17) is 30.5 Å². The third-order valence-electron chi connectivity index (χ3n) is 4.93. The molecule has 0 atom stereocenters. The minimum absolute atomic E-state index is 0.0256. The zero-order chi connectivity index (χ0) is 22.4. The molecule has 1 aliphatic heterocycles. The zero-order valence-electron chi connectivity index (χ0n) is 17.0. The van der Waals surface area contributed by atoms with Crippen LogP contribution in [-0.4, -0.2) is 37.9 Å². The normalized spacial score (nSPS) is 13.5. The van der Waals surface area contributed by atoms with Gasteiger partial charge in [-0.1, -0.05) is 11.6 Å². The lowest BCUT2D eigenvalue weighted by atomic mass is 10.1. The summed E-state index contributed by atoms with van der Waals surface area (Å²) in [6.45, 7) is 2.98. The second-order valence-electron chi connectivity index (χ2n) is 7.41. The van der Waals surface area contributed by atoms with Gasteiger partial charge in [0.25, 0.3) is 10.0 Å². The molecule has 1 aliphatic rings. The molecule has 10 heteroatoms. The maximum Gasteiger partial charge on any atom is 0.337 e. The smallest absolute Gasteiger partial charge is 0.337 e. The lowest BCUT2D eigenvalue weighted by molar-refractivity contribution is -0.166. The molecule has 0 aliphatic carbocycles. The first kappa shape index (κ1) is 21.5. The van der Waals surface area contributed by atoms with Crippen molar-refractivity contribution >= 4 is 38.5 Å². The van der Waals surface area contributed by atoms with Crippen LogP contribution >= 0.6 is 11.6 Å². The molecule has 0 bridgehead atoms. The summed E-state index contributed by atoms with van der Waals surface area (Å²) in [4.78, 5) is 12.0. The predicted octanol–water partition coefficient (Wildman–Crippen LogP) is 3.73. The molecular weight excluding hydrogens is 446 g/mol. The summed E-state index contributed by atoms with van der Waals surface area (Å²) in [6, 6.07) is 11.0. The molecule has 0 amide bonds. The average Bonchev–Trinajstić information content (AvgIpc) is 3.34. The predicted molar refractivity (Wildman–Crippen MR) is 113 cm³/mol. The number of carbonyl (C=O) groups is 1. The number of aromatic nitrogens is 1. The van der Waals surface area contributed by atoms with Crippen molar-refractivity contribution in [3.63, 3.8) is 0 Å². The van der Waals surface area contributed by atoms with Crippen molar-refractivity contribution in [3.8, 4) is 11.5 Å². The highest BCUT2D eigenvalue weighted by Gasteiger charge is 2.32. The first-order valence-electron chi connectivity index (χ1n) is 9.31. The lowest BCUT2D eigenvalue weighted by Crippen LogP contribution is -2.36. The van der Waals surface area contributed by atoms with Gasteiger partial charge in [0, 0.05) is 16.5 Å². The van der Waals surface area contributed by atoms with Gasteiger partial charge < -0.3 is 18.9 Å². The fourth-order valence-corrected chi connectivity index (χ4v) is 5.03. The van der Waals surface area contributed by atoms with Crippen LogP contribution in [0, 0.1) is 0 Å². The highest BCUT2D eigenvalue weighted by atomic mass is 35.5. The maximum atomic E-state index is 13.6. The standard InChI is InChI=1S/C21H20ClNO7S/c1-21(2,20(24)27-3)30-11-15-9-13-8-14(22)4-6-17(13)23(15)31(25,26)16-5-7-18-19(10-16)29-12-28-18/h4-10H,11-12H2,1-3H3. The molecule has 8 nitrogen and oxygen atoms in total. The fourth-order valence-electron chi connectivity index (χ4n) is 3.30. The van der Waals surface area contributed by atoms with Crippen molar-refractivity contribution < 1.29 is 32.2 Å². The van der Waals surface area contributed by atoms with Crippen LogP contribution < -0.4 is 9.47 Å². The van der Waals surface area contributed by atoms with Gasteiger partial charge in [-0.3, -0.25) is 0 Å². The quantitative estimate of drug-likeness (QED) is 0.512. The second-order valence-corrected chi connectivity index (χ2v) is 9.64. The first-order valence-corrected chi connectivity index (χ1v) is 11.1. The third kappa shape index (κ3) is 3.84. The Balaban J connectivity index is 1.82. The number of hydrogen-bond acceptors (Lipinski definition) is 7. The van der Waals surface area contributed by atoms with E-state index in [-0.39, 0.29) is 18.3 Å². The molecule has 4 rings (SSSR count). The summed E-state index contributed by atoms with van der Waals surface area (Å²) in [5, 5.41) is 1.08. The van der Waals surface area contributed by atoms with Crippen molar-refractivity contribution in [3.05, 3.63) is 53.2 Å². The average molecular weight is 466 g/mol. The molecular formula is C21H20ClNO7S. The molecule has 0 radical (unpaired) electrons. The fraction of sp³-hybridized carbons (Fsp3) is 0.286. The van der Waals surface area contributed by atoms with Gasteiger partial charge >= 0.3 is 5.97 Å². The van der Waals surface area contributed by atoms with Crippen LogP contribution in [0.15, 0.2) is 47.4 Å². The maximum absolute atomic E-state index is 13.6. The Hall–Kier alpha value is -2.75. The van der Waals surface area contributed by atoms with E-state index >= 15 is 0 Å². The Morgan fingerprint density at radius 3 is 2.61 bits per heavy atom. The van der Waals surface area contributed by atoms with E-state index in [0.717, 1.165) is 0 Å². The van der Waals surface area contributed by atoms with Gasteiger partial charge in [0.15, 0.2) is 17.1 Å². The Morgan fingerprint density at radius 2 is 1.87 bits per heavy atom. The topological polar surface area (TPSA) is 93.1 Å². The summed E-state index contributed by atoms with van der Waals surface area (Å²) in [5.41, 5.74) is -0.514. The number of benzene rings is 2. The van der Waals surface area contributed by atoms with Gasteiger partial charge in [0.1, 0.15) is 0 Å². The van der Waals surface area contributed by atoms with Crippen molar-refractivity contribution in [2.24, 2.45) is 0 Å². The van der Waals surface area contributed by atoms with Gasteiger partial charge in [-0.2, -0.15) is 0 Å². The van der Waals surface area contributed by atoms with E-state index in [9.17, 15) is 13.2 Å². The van der Waals surface area contributed by atoms with Gasteiger partial charge in [-0.05, 0) is 50.2 Å². The molecule has 2 aromatic carbocycles. The summed E-state index contributed by atoms with van der Waals surface area (Å²) in [6.07, 6.45) is 0. The molecule has 0 unspecified atom stereocenters. The van der Waals surface area contributed by atoms with Crippen molar-refractivity contribution in [1.29, 1.82) is 0 Å². The number of ether oxygens (including phenoxy) is 4. The van der Waals surface area contributed by atoms with E-state index in [1.54, 1.807) is 44.2 Å². The van der Waals surface area contributed by atoms with E-state index < -0.39 is 21.6 Å². The highest BCUT2D eigenvalue weighted by Crippen LogP contribution is 2.36. The van der Waals surface area contributed by atoms with Crippen LogP contribution in [0.2, 0.25) is 5.02 Å². The van der Waals surface area contributed by atoms with Crippen LogP contribution in [-0.2, 0) is 30.9 Å². The molecule has 1 aromatic heterocycles. The van der Waals surface area contributed by atoms with Crippen LogP contribution in [0.25, 0.3) is 10.9 Å². The van der Waals surface area contributed by atoms with Gasteiger partial charge in [-0.15, -0.1) is 0 Å². The molecule has 2 heterocycles. The van der Waals surface area contributed by atoms with Gasteiger partial charge in [-0.25, -0.2) is 17.2 Å². The molecule has 0 fully saturated rings. The highest BCUT2D eigenvalue weighted by molar-refractivity contribution is 7.90. The number of carbonyl (C=O) groups excluding carboxylic acids is 1. The molecule has 0 saturated heterocycles. The SMILES string of the molecule is COC(=O)C(C)(C)OCc1cc2cc(Cl)ccc2n1S(=O)(=O)c1ccc2c(c1)OCO2. The molecule has 0 N–H and O–H groups in total. The molecule has 164 valence electrons. The number of nitrogens with zero attached hydrogens (tertiary/aromatic N) is 1. The third-order valence-corrected chi connectivity index (χ3v) is 6.93. The van der Waals surface area contributed by atoms with Crippen LogP contribution in [0.1, 0.15) is 19.5 Å². The second kappa shape index (κ2) is 7.74. The van der Waals surface area contributed by atoms with Crippen LogP contribution in [0.3, 0.4) is 0 Å². The zero-order valence-corrected chi connectivity index (χ0v) is 18.6. The Morgan fingerprint density at radius 1 is 1.13 bits per heavy atom. The summed E-state index contributed by atoms with van der Waals surface area (Å²) in [5.74, 6) is 0.258. The van der Waals surface area contributed by atoms with Gasteiger partial charge in [0.2, 0.25) is 6.79 Å². The summed E-state index contributed by atoms with van der Waals surface area (Å²) < 4.78 is 49.5. The van der Waals surface area contributed by atoms with E-state index in [0.29, 0.717) is 33.1 Å². The summed E-state index contributed by atoms with van der Waals surface area (Å²) in [7, 11) is -2.78. The minimum Gasteiger partial charge on any atom is -0.467 e. The number of hydrogen-bond donors (Lipinski definition) is 0. The van der Waals surface area contributed by atoms with Crippen LogP contribution in [0.5, 0.6) is 11.5 Å². The van der Waals surface area contributed by atoms with Crippen molar-refractivity contribution in [2.45, 2.75) is 31.0 Å². The molecule has 3 aromatic rings. The molecule has 31 heavy (non-hydrogen) atoms. The van der Waals surface area contributed by atoms with E-state index in [1.165, 1.54) is 23.2 Å². The lowest BCUT2D eigenvalue weighted by Gasteiger charge is -2.22. The van der Waals surface area contributed by atoms with Crippen molar-refractivity contribution in [1.82, 2.24) is 3.97 Å². The van der Waals surface area contributed by atoms with E-state index in [2.05, 4.69) is 0 Å². The van der Waals surface area contributed by atoms with Gasteiger partial charge in [0.05, 0.1) is 29.8 Å². The number of rotatable bonds is 6. The first-order chi connectivity index (χ1) is 14.6. The van der Waals surface area contributed by atoms with E-state index in [1.807, 2.05) is 0 Å². The Labute approximate surface area is 184 Å². The number of halogens is 1. The summed E-state index contributed by atoms with van der Waals surface area (Å²) >= 11 is 6.10.